The number of phenols is 2. The second-order valence-corrected chi connectivity index (χ2v) is 21.1. The molecule has 0 spiro atoms. The molecule has 0 aliphatic rings. The van der Waals surface area contributed by atoms with Crippen LogP contribution in [0.4, 0.5) is 22.7 Å². The Hall–Kier alpha value is -4.69. The number of aromatic hydroxyl groups is 2. The van der Waals surface area contributed by atoms with Crippen molar-refractivity contribution in [3.8, 4) is 11.5 Å². The average Bonchev–Trinajstić information content (AvgIpc) is 3.27. The fourth-order valence-corrected chi connectivity index (χ4v) is 10.2. The molecule has 0 aliphatic carbocycles. The van der Waals surface area contributed by atoms with Crippen LogP contribution in [0.2, 0.25) is 0 Å². The lowest BCUT2D eigenvalue weighted by Crippen LogP contribution is -2.34. The number of nitrogens with zero attached hydrogens (tertiary/aromatic N) is 3. The molecule has 0 fully saturated rings. The quantitative estimate of drug-likeness (QED) is 0.0228. The van der Waals surface area contributed by atoms with Crippen molar-refractivity contribution in [3.05, 3.63) is 76.9 Å². The molecule has 14 heteroatoms. The molecule has 0 bridgehead atoms. The number of amides is 1. The van der Waals surface area contributed by atoms with Gasteiger partial charge in [0.2, 0.25) is 10.0 Å². The van der Waals surface area contributed by atoms with Crippen LogP contribution in [0.25, 0.3) is 10.8 Å². The van der Waals surface area contributed by atoms with Crippen molar-refractivity contribution in [1.29, 1.82) is 0 Å². The number of carbonyl (C=O) groups excluding carboxylic acids is 1. The Bertz CT molecular complexity index is 2400. The van der Waals surface area contributed by atoms with Crippen molar-refractivity contribution < 1.29 is 31.8 Å². The van der Waals surface area contributed by atoms with Gasteiger partial charge >= 0.3 is 0 Å². The lowest BCUT2D eigenvalue weighted by molar-refractivity contribution is 0.0745. The first-order valence-corrected chi connectivity index (χ1v) is 27.4. The van der Waals surface area contributed by atoms with E-state index >= 15 is 0 Å². The number of rotatable bonds is 30. The fraction of sp³-hybridized carbons (Fsp3) is 0.549. The molecule has 0 aliphatic heterocycles. The van der Waals surface area contributed by atoms with Crippen LogP contribution in [0.1, 0.15) is 169 Å². The van der Waals surface area contributed by atoms with Gasteiger partial charge in [-0.15, -0.1) is 5.11 Å². The molecule has 0 saturated carbocycles. The van der Waals surface area contributed by atoms with Crippen LogP contribution < -0.4 is 9.44 Å². The molecule has 4 N–H and O–H groups in total. The highest BCUT2D eigenvalue weighted by Crippen LogP contribution is 2.40. The summed E-state index contributed by atoms with van der Waals surface area (Å²) in [6.07, 6.45) is 24.7. The van der Waals surface area contributed by atoms with Crippen molar-refractivity contribution in [3.63, 3.8) is 0 Å². The highest BCUT2D eigenvalue weighted by atomic mass is 32.2. The first-order valence-electron chi connectivity index (χ1n) is 24.0. The number of azo groups is 1. The minimum Gasteiger partial charge on any atom is -0.507 e. The summed E-state index contributed by atoms with van der Waals surface area (Å²) < 4.78 is 57.7. The molecule has 0 atom stereocenters. The normalized spacial score (nSPS) is 12.0. The molecule has 12 nitrogen and oxygen atoms in total. The Morgan fingerprint density at radius 1 is 0.615 bits per heavy atom. The van der Waals surface area contributed by atoms with Gasteiger partial charge in [-0.05, 0) is 86.7 Å². The summed E-state index contributed by atoms with van der Waals surface area (Å²) in [7, 11) is -7.93. The number of anilines is 2. The molecule has 65 heavy (non-hydrogen) atoms. The zero-order valence-corrected chi connectivity index (χ0v) is 41.5. The highest BCUT2D eigenvalue weighted by molar-refractivity contribution is 7.92. The Labute approximate surface area is 389 Å². The van der Waals surface area contributed by atoms with E-state index in [0.717, 1.165) is 44.8 Å². The maximum Gasteiger partial charge on any atom is 0.261 e. The number of carbonyl (C=O) groups is 1. The van der Waals surface area contributed by atoms with Crippen molar-refractivity contribution in [2.45, 2.75) is 168 Å². The van der Waals surface area contributed by atoms with Gasteiger partial charge in [0.05, 0.1) is 39.5 Å². The Kier molecular flexibility index (Phi) is 21.5. The van der Waals surface area contributed by atoms with Crippen LogP contribution >= 0.6 is 0 Å². The van der Waals surface area contributed by atoms with E-state index in [1.54, 1.807) is 45.0 Å². The maximum atomic E-state index is 14.6. The zero-order valence-electron chi connectivity index (χ0n) is 39.8. The topological polar surface area (TPSA) is 178 Å². The summed E-state index contributed by atoms with van der Waals surface area (Å²) in [5, 5.41) is 31.4. The first-order chi connectivity index (χ1) is 31.1. The summed E-state index contributed by atoms with van der Waals surface area (Å²) in [5.74, 6) is -0.511. The van der Waals surface area contributed by atoms with Crippen LogP contribution in [0.3, 0.4) is 0 Å². The molecule has 0 radical (unpaired) electrons. The largest absolute Gasteiger partial charge is 0.507 e. The highest BCUT2D eigenvalue weighted by Gasteiger charge is 2.28. The van der Waals surface area contributed by atoms with Crippen molar-refractivity contribution in [2.24, 2.45) is 10.2 Å². The van der Waals surface area contributed by atoms with Crippen LogP contribution in [0, 0.1) is 20.8 Å². The average molecular weight is 934 g/mol. The number of hydrogen-bond acceptors (Lipinski definition) is 9. The Morgan fingerprint density at radius 3 is 1.68 bits per heavy atom. The van der Waals surface area contributed by atoms with E-state index < -0.39 is 20.0 Å². The number of sulfonamides is 2. The minimum absolute atomic E-state index is 0.0777. The Balaban J connectivity index is 1.54. The van der Waals surface area contributed by atoms with Crippen LogP contribution in [-0.2, 0) is 20.0 Å². The van der Waals surface area contributed by atoms with Gasteiger partial charge in [-0.2, -0.15) is 5.11 Å². The second-order valence-electron chi connectivity index (χ2n) is 17.6. The van der Waals surface area contributed by atoms with E-state index in [9.17, 15) is 31.8 Å². The van der Waals surface area contributed by atoms with Crippen molar-refractivity contribution in [1.82, 2.24) is 4.90 Å². The smallest absolute Gasteiger partial charge is 0.261 e. The first kappa shape index (κ1) is 52.9. The van der Waals surface area contributed by atoms with Crippen LogP contribution in [-0.4, -0.2) is 57.2 Å². The van der Waals surface area contributed by atoms with Gasteiger partial charge in [-0.3, -0.25) is 14.2 Å². The van der Waals surface area contributed by atoms with Gasteiger partial charge < -0.3 is 15.1 Å². The third-order valence-corrected chi connectivity index (χ3v) is 14.2. The number of unbranched alkanes of at least 4 members (excludes halogenated alkanes) is 18. The number of hydrogen-bond donors (Lipinski definition) is 4. The summed E-state index contributed by atoms with van der Waals surface area (Å²) in [5.41, 5.74) is 2.26. The molecular formula is C51H75N5O7S2. The summed E-state index contributed by atoms with van der Waals surface area (Å²) in [4.78, 5) is 16.3. The predicted molar refractivity (Wildman–Crippen MR) is 267 cm³/mol. The number of nitrogens with one attached hydrogen (secondary N) is 2. The maximum absolute atomic E-state index is 14.6. The van der Waals surface area contributed by atoms with E-state index in [0.29, 0.717) is 40.6 Å². The molecule has 4 aromatic carbocycles. The van der Waals surface area contributed by atoms with Crippen molar-refractivity contribution >= 4 is 59.5 Å². The summed E-state index contributed by atoms with van der Waals surface area (Å²) in [6, 6.07) is 13.6. The van der Waals surface area contributed by atoms with E-state index in [1.165, 1.54) is 120 Å². The lowest BCUT2D eigenvalue weighted by Gasteiger charge is -2.26. The SMILES string of the molecule is CCCCCCCCCCCCN(CCCCCCCCCCCC)C(=O)c1c(C)c(NS(=O)(=O)c2cccc(/N=N/c3ccc(O)c4cccc(NS(C)(=O)=O)c34)c2)c(C)c(C)c1O. The molecule has 0 aromatic heterocycles. The number of phenolic OH excluding ortho intramolecular Hbond substituents is 2. The van der Waals surface area contributed by atoms with Gasteiger partial charge in [0.1, 0.15) is 11.5 Å². The van der Waals surface area contributed by atoms with Crippen LogP contribution in [0.15, 0.2) is 69.7 Å². The number of benzene rings is 4. The molecular weight excluding hydrogens is 859 g/mol. The van der Waals surface area contributed by atoms with Gasteiger partial charge in [0.15, 0.2) is 0 Å². The molecule has 4 aromatic rings. The van der Waals surface area contributed by atoms with E-state index in [4.69, 9.17) is 0 Å². The number of fused-ring (bicyclic) bond motifs is 1. The summed E-state index contributed by atoms with van der Waals surface area (Å²) >= 11 is 0. The second kappa shape index (κ2) is 26.5. The molecule has 4 rings (SSSR count). The van der Waals surface area contributed by atoms with Crippen molar-refractivity contribution in [2.75, 3.05) is 28.8 Å². The molecule has 0 unspecified atom stereocenters. The standard InChI is InChI=1S/C51H75N5O7S2/c1-7-9-11-13-15-17-19-21-23-25-35-56(36-26-24-22-20-18-16-14-12-10-8-2)51(59)47-40(5)49(38(3)39(4)50(47)58)55-65(62,63)42-30-27-29-41(37-42)52-53-44-33-34-46(57)43-31-28-32-45(48(43)44)54-64(6,60)61/h27-34,37,54-55,57-58H,7-26,35-36H2,1-6H3/b53-52+. The Morgan fingerprint density at radius 2 is 1.14 bits per heavy atom. The fourth-order valence-electron chi connectivity index (χ4n) is 8.36. The monoisotopic (exact) mass is 934 g/mol. The van der Waals surface area contributed by atoms with E-state index in [1.807, 2.05) is 4.90 Å². The summed E-state index contributed by atoms with van der Waals surface area (Å²) in [6.45, 7) is 10.7. The third-order valence-electron chi connectivity index (χ3n) is 12.3. The predicted octanol–water partition coefficient (Wildman–Crippen LogP) is 14.0. The third kappa shape index (κ3) is 16.3. The van der Waals surface area contributed by atoms with Gasteiger partial charge in [0.25, 0.3) is 15.9 Å². The molecule has 0 saturated heterocycles. The van der Waals surface area contributed by atoms with Crippen LogP contribution in [0.5, 0.6) is 11.5 Å². The van der Waals surface area contributed by atoms with Gasteiger partial charge in [-0.25, -0.2) is 16.8 Å². The van der Waals surface area contributed by atoms with E-state index in [-0.39, 0.29) is 50.6 Å². The molecule has 1 amide bonds. The molecule has 0 heterocycles. The lowest BCUT2D eigenvalue weighted by atomic mass is 9.95. The minimum atomic E-state index is -4.26. The van der Waals surface area contributed by atoms with E-state index in [2.05, 4.69) is 33.5 Å². The van der Waals surface area contributed by atoms with Gasteiger partial charge in [0, 0.05) is 23.9 Å². The molecule has 358 valence electrons. The zero-order chi connectivity index (χ0) is 47.4. The van der Waals surface area contributed by atoms with Gasteiger partial charge in [-0.1, -0.05) is 148 Å².